The van der Waals surface area contributed by atoms with Crippen molar-refractivity contribution in [1.29, 1.82) is 0 Å². The van der Waals surface area contributed by atoms with Gasteiger partial charge < -0.3 is 4.90 Å². The van der Waals surface area contributed by atoms with Crippen molar-refractivity contribution in [3.8, 4) is 0 Å². The lowest BCUT2D eigenvalue weighted by Gasteiger charge is -2.18. The Labute approximate surface area is 90.9 Å². The summed E-state index contributed by atoms with van der Waals surface area (Å²) < 4.78 is 0. The summed E-state index contributed by atoms with van der Waals surface area (Å²) in [6, 6.07) is 0. The van der Waals surface area contributed by atoms with Gasteiger partial charge in [-0.1, -0.05) is 52.9 Å². The number of hydrogen-bond donors (Lipinski definition) is 0. The number of nitrogens with zero attached hydrogens (tertiary/aromatic N) is 1. The van der Waals surface area contributed by atoms with Gasteiger partial charge in [-0.25, -0.2) is 0 Å². The molecular formula is C13H29N. The van der Waals surface area contributed by atoms with Gasteiger partial charge in [0.05, 0.1) is 0 Å². The third-order valence-corrected chi connectivity index (χ3v) is 2.57. The van der Waals surface area contributed by atoms with E-state index in [0.29, 0.717) is 0 Å². The largest absolute Gasteiger partial charge is 0.306 e. The number of unbranched alkanes of at least 4 members (excludes halogenated alkanes) is 5. The van der Waals surface area contributed by atoms with Crippen LogP contribution in [0.15, 0.2) is 0 Å². The minimum Gasteiger partial charge on any atom is -0.306 e. The SMILES string of the molecule is CCCCCCCCN(C)CC(C)C. The van der Waals surface area contributed by atoms with Gasteiger partial charge in [-0.15, -0.1) is 0 Å². The summed E-state index contributed by atoms with van der Waals surface area (Å²) in [4.78, 5) is 2.46. The van der Waals surface area contributed by atoms with E-state index in [9.17, 15) is 0 Å². The molecule has 0 heterocycles. The monoisotopic (exact) mass is 199 g/mol. The summed E-state index contributed by atoms with van der Waals surface area (Å²) in [5.41, 5.74) is 0. The Morgan fingerprint density at radius 2 is 1.50 bits per heavy atom. The molecule has 0 N–H and O–H groups in total. The van der Waals surface area contributed by atoms with Crippen molar-refractivity contribution in [2.45, 2.75) is 59.3 Å². The van der Waals surface area contributed by atoms with E-state index in [-0.39, 0.29) is 0 Å². The first kappa shape index (κ1) is 14.0. The van der Waals surface area contributed by atoms with Gasteiger partial charge in [-0.2, -0.15) is 0 Å². The molecule has 0 radical (unpaired) electrons. The molecule has 0 aromatic carbocycles. The Kier molecular flexibility index (Phi) is 9.49. The van der Waals surface area contributed by atoms with Crippen LogP contribution in [0.4, 0.5) is 0 Å². The average Bonchev–Trinajstić information content (AvgIpc) is 2.10. The molecule has 86 valence electrons. The van der Waals surface area contributed by atoms with Crippen molar-refractivity contribution in [2.24, 2.45) is 5.92 Å². The fourth-order valence-corrected chi connectivity index (χ4v) is 1.88. The van der Waals surface area contributed by atoms with Crippen molar-refractivity contribution in [2.75, 3.05) is 20.1 Å². The molecule has 0 spiro atoms. The zero-order valence-electron chi connectivity index (χ0n) is 10.7. The normalized spacial score (nSPS) is 11.6. The Morgan fingerprint density at radius 3 is 2.07 bits per heavy atom. The number of hydrogen-bond acceptors (Lipinski definition) is 1. The lowest BCUT2D eigenvalue weighted by Crippen LogP contribution is -2.24. The fourth-order valence-electron chi connectivity index (χ4n) is 1.88. The molecule has 0 fully saturated rings. The minimum atomic E-state index is 0.806. The van der Waals surface area contributed by atoms with Crippen LogP contribution in [-0.2, 0) is 0 Å². The smallest absolute Gasteiger partial charge is 0.000133 e. The Bertz CT molecular complexity index is 110. The van der Waals surface area contributed by atoms with Gasteiger partial charge in [-0.05, 0) is 25.9 Å². The molecule has 1 heteroatoms. The van der Waals surface area contributed by atoms with Gasteiger partial charge in [0.25, 0.3) is 0 Å². The van der Waals surface area contributed by atoms with E-state index in [1.807, 2.05) is 0 Å². The third kappa shape index (κ3) is 10.0. The van der Waals surface area contributed by atoms with Gasteiger partial charge in [-0.3, -0.25) is 0 Å². The second kappa shape index (κ2) is 9.51. The van der Waals surface area contributed by atoms with E-state index in [0.717, 1.165) is 5.92 Å². The topological polar surface area (TPSA) is 3.24 Å². The molecule has 0 saturated heterocycles. The van der Waals surface area contributed by atoms with Crippen LogP contribution in [0.1, 0.15) is 59.3 Å². The van der Waals surface area contributed by atoms with Gasteiger partial charge in [0, 0.05) is 6.54 Å². The first-order chi connectivity index (χ1) is 6.66. The molecule has 0 aromatic rings. The molecular weight excluding hydrogens is 170 g/mol. The third-order valence-electron chi connectivity index (χ3n) is 2.57. The van der Waals surface area contributed by atoms with E-state index in [1.165, 1.54) is 51.6 Å². The highest BCUT2D eigenvalue weighted by atomic mass is 15.1. The van der Waals surface area contributed by atoms with Crippen LogP contribution in [0.3, 0.4) is 0 Å². The van der Waals surface area contributed by atoms with Crippen LogP contribution < -0.4 is 0 Å². The van der Waals surface area contributed by atoms with E-state index >= 15 is 0 Å². The van der Waals surface area contributed by atoms with Crippen molar-refractivity contribution < 1.29 is 0 Å². The van der Waals surface area contributed by atoms with Crippen LogP contribution in [0, 0.1) is 5.92 Å². The molecule has 0 aliphatic carbocycles. The maximum atomic E-state index is 2.46. The predicted octanol–water partition coefficient (Wildman–Crippen LogP) is 3.93. The highest BCUT2D eigenvalue weighted by molar-refractivity contribution is 4.55. The van der Waals surface area contributed by atoms with E-state index in [2.05, 4.69) is 32.7 Å². The molecule has 0 aliphatic heterocycles. The summed E-state index contributed by atoms with van der Waals surface area (Å²) >= 11 is 0. The summed E-state index contributed by atoms with van der Waals surface area (Å²) in [7, 11) is 2.24. The summed E-state index contributed by atoms with van der Waals surface area (Å²) in [6.07, 6.45) is 8.44. The molecule has 0 atom stereocenters. The van der Waals surface area contributed by atoms with Crippen LogP contribution >= 0.6 is 0 Å². The summed E-state index contributed by atoms with van der Waals surface area (Å²) in [5.74, 6) is 0.806. The van der Waals surface area contributed by atoms with Crippen molar-refractivity contribution in [1.82, 2.24) is 4.90 Å². The summed E-state index contributed by atoms with van der Waals surface area (Å²) in [6.45, 7) is 9.38. The highest BCUT2D eigenvalue weighted by Crippen LogP contribution is 2.06. The molecule has 14 heavy (non-hydrogen) atoms. The summed E-state index contributed by atoms with van der Waals surface area (Å²) in [5, 5.41) is 0. The minimum absolute atomic E-state index is 0.806. The van der Waals surface area contributed by atoms with Crippen molar-refractivity contribution >= 4 is 0 Å². The van der Waals surface area contributed by atoms with Crippen LogP contribution in [0.25, 0.3) is 0 Å². The first-order valence-corrected chi connectivity index (χ1v) is 6.35. The van der Waals surface area contributed by atoms with Crippen molar-refractivity contribution in [3.05, 3.63) is 0 Å². The molecule has 1 nitrogen and oxygen atoms in total. The predicted molar refractivity (Wildman–Crippen MR) is 65.7 cm³/mol. The molecule has 0 unspecified atom stereocenters. The highest BCUT2D eigenvalue weighted by Gasteiger charge is 2.00. The zero-order chi connectivity index (χ0) is 10.8. The first-order valence-electron chi connectivity index (χ1n) is 6.35. The second-order valence-corrected chi connectivity index (χ2v) is 4.92. The quantitative estimate of drug-likeness (QED) is 0.508. The molecule has 0 aliphatic rings. The number of rotatable bonds is 9. The molecule has 0 rings (SSSR count). The Balaban J connectivity index is 3.10. The van der Waals surface area contributed by atoms with Gasteiger partial charge in [0.15, 0.2) is 0 Å². The van der Waals surface area contributed by atoms with Gasteiger partial charge in [0.2, 0.25) is 0 Å². The van der Waals surface area contributed by atoms with Crippen LogP contribution in [0.2, 0.25) is 0 Å². The average molecular weight is 199 g/mol. The molecule has 0 saturated carbocycles. The van der Waals surface area contributed by atoms with Gasteiger partial charge >= 0.3 is 0 Å². The maximum Gasteiger partial charge on any atom is 0.000133 e. The van der Waals surface area contributed by atoms with Crippen molar-refractivity contribution in [3.63, 3.8) is 0 Å². The molecule has 0 bridgehead atoms. The standard InChI is InChI=1S/C13H29N/c1-5-6-7-8-9-10-11-14(4)12-13(2)3/h13H,5-12H2,1-4H3. The fraction of sp³-hybridized carbons (Fsp3) is 1.00. The maximum absolute atomic E-state index is 2.46. The Morgan fingerprint density at radius 1 is 0.929 bits per heavy atom. The molecule has 0 aromatic heterocycles. The Hall–Kier alpha value is -0.0400. The van der Waals surface area contributed by atoms with Crippen LogP contribution in [-0.4, -0.2) is 25.0 Å². The van der Waals surface area contributed by atoms with Gasteiger partial charge in [0.1, 0.15) is 0 Å². The van der Waals surface area contributed by atoms with Crippen LogP contribution in [0.5, 0.6) is 0 Å². The molecule has 0 amide bonds. The van der Waals surface area contributed by atoms with E-state index in [4.69, 9.17) is 0 Å². The van der Waals surface area contributed by atoms with E-state index < -0.39 is 0 Å². The van der Waals surface area contributed by atoms with E-state index in [1.54, 1.807) is 0 Å². The zero-order valence-corrected chi connectivity index (χ0v) is 10.7. The lowest BCUT2D eigenvalue weighted by atomic mass is 10.1. The second-order valence-electron chi connectivity index (χ2n) is 4.92. The lowest BCUT2D eigenvalue weighted by molar-refractivity contribution is 0.288.